The van der Waals surface area contributed by atoms with Gasteiger partial charge in [-0.05, 0) is 45.8 Å². The molecule has 0 aromatic rings. The van der Waals surface area contributed by atoms with E-state index in [1.165, 1.54) is 12.2 Å². The van der Waals surface area contributed by atoms with E-state index in [0.717, 1.165) is 31.7 Å². The van der Waals surface area contributed by atoms with Crippen LogP contribution in [0.1, 0.15) is 46.5 Å². The lowest BCUT2D eigenvalue weighted by Gasteiger charge is -2.38. The van der Waals surface area contributed by atoms with Crippen molar-refractivity contribution >= 4 is 17.7 Å². The van der Waals surface area contributed by atoms with Crippen molar-refractivity contribution in [3.8, 4) is 0 Å². The minimum atomic E-state index is -0.138. The van der Waals surface area contributed by atoms with Crippen LogP contribution in [0.5, 0.6) is 0 Å². The molecule has 0 aromatic carbocycles. The van der Waals surface area contributed by atoms with Gasteiger partial charge in [0, 0.05) is 36.9 Å². The summed E-state index contributed by atoms with van der Waals surface area (Å²) in [7, 11) is 0. The fraction of sp³-hybridized carbons (Fsp3) is 0.933. The van der Waals surface area contributed by atoms with Gasteiger partial charge in [0.25, 0.3) is 0 Å². The van der Waals surface area contributed by atoms with Crippen molar-refractivity contribution < 1.29 is 9.53 Å². The first-order valence-electron chi connectivity index (χ1n) is 7.65. The second-order valence-electron chi connectivity index (χ2n) is 7.03. The van der Waals surface area contributed by atoms with E-state index < -0.39 is 0 Å². The van der Waals surface area contributed by atoms with E-state index in [-0.39, 0.29) is 17.0 Å². The van der Waals surface area contributed by atoms with Crippen LogP contribution in [0.3, 0.4) is 0 Å². The monoisotopic (exact) mass is 300 g/mol. The van der Waals surface area contributed by atoms with Gasteiger partial charge >= 0.3 is 0 Å². The van der Waals surface area contributed by atoms with Gasteiger partial charge in [0.1, 0.15) is 0 Å². The fourth-order valence-electron chi connectivity index (χ4n) is 2.94. The molecule has 0 aliphatic carbocycles. The summed E-state index contributed by atoms with van der Waals surface area (Å²) in [5.74, 6) is 2.49. The number of amides is 1. The van der Waals surface area contributed by atoms with Crippen molar-refractivity contribution in [2.24, 2.45) is 0 Å². The predicted molar refractivity (Wildman–Crippen MR) is 84.2 cm³/mol. The molecule has 2 N–H and O–H groups in total. The third kappa shape index (κ3) is 4.93. The van der Waals surface area contributed by atoms with E-state index in [1.54, 1.807) is 0 Å². The summed E-state index contributed by atoms with van der Waals surface area (Å²) in [6, 6.07) is 0.505. The van der Waals surface area contributed by atoms with E-state index >= 15 is 0 Å². The highest BCUT2D eigenvalue weighted by Crippen LogP contribution is 2.38. The molecule has 5 heteroatoms. The van der Waals surface area contributed by atoms with Crippen LogP contribution in [0.4, 0.5) is 0 Å². The molecular formula is C15H28N2O2S. The summed E-state index contributed by atoms with van der Waals surface area (Å²) >= 11 is 2.00. The average molecular weight is 300 g/mol. The van der Waals surface area contributed by atoms with Gasteiger partial charge in [-0.3, -0.25) is 4.79 Å². The van der Waals surface area contributed by atoms with Gasteiger partial charge in [-0.25, -0.2) is 0 Å². The number of nitrogens with one attached hydrogen (secondary N) is 2. The Morgan fingerprint density at radius 3 is 2.90 bits per heavy atom. The van der Waals surface area contributed by atoms with Crippen LogP contribution in [0, 0.1) is 0 Å². The Morgan fingerprint density at radius 1 is 1.45 bits per heavy atom. The summed E-state index contributed by atoms with van der Waals surface area (Å²) in [6.07, 6.45) is 3.89. The van der Waals surface area contributed by atoms with E-state index in [1.807, 2.05) is 32.5 Å². The van der Waals surface area contributed by atoms with Crippen molar-refractivity contribution in [2.45, 2.75) is 63.6 Å². The largest absolute Gasteiger partial charge is 0.374 e. The molecule has 0 aromatic heterocycles. The molecule has 1 amide bonds. The number of carbonyl (C=O) groups is 1. The zero-order valence-electron chi connectivity index (χ0n) is 13.0. The number of ether oxygens (including phenoxy) is 1. The highest BCUT2D eigenvalue weighted by molar-refractivity contribution is 7.99. The van der Waals surface area contributed by atoms with E-state index in [0.29, 0.717) is 12.5 Å². The number of hydrogen-bond donors (Lipinski definition) is 2. The SMILES string of the molecule is CC(C)(C)NC(=O)CCNC1CCOC2(CCSC2)C1. The third-order valence-electron chi connectivity index (χ3n) is 3.86. The first-order valence-corrected chi connectivity index (χ1v) is 8.80. The lowest BCUT2D eigenvalue weighted by atomic mass is 9.90. The summed E-state index contributed by atoms with van der Waals surface area (Å²) < 4.78 is 6.01. The van der Waals surface area contributed by atoms with Crippen LogP contribution in [0.2, 0.25) is 0 Å². The van der Waals surface area contributed by atoms with Crippen molar-refractivity contribution in [2.75, 3.05) is 24.7 Å². The van der Waals surface area contributed by atoms with Crippen LogP contribution in [0.15, 0.2) is 0 Å². The van der Waals surface area contributed by atoms with Gasteiger partial charge in [0.05, 0.1) is 5.60 Å². The fourth-order valence-corrected chi connectivity index (χ4v) is 4.31. The molecule has 2 unspecified atom stereocenters. The molecule has 2 rings (SSSR count). The van der Waals surface area contributed by atoms with Crippen molar-refractivity contribution in [3.63, 3.8) is 0 Å². The minimum absolute atomic E-state index is 0.119. The Kier molecular flexibility index (Phi) is 5.37. The highest BCUT2D eigenvalue weighted by Gasteiger charge is 2.40. The quantitative estimate of drug-likeness (QED) is 0.833. The average Bonchev–Trinajstić information content (AvgIpc) is 2.75. The maximum Gasteiger partial charge on any atom is 0.221 e. The Morgan fingerprint density at radius 2 is 2.25 bits per heavy atom. The van der Waals surface area contributed by atoms with Gasteiger partial charge in [-0.1, -0.05) is 0 Å². The van der Waals surface area contributed by atoms with Crippen LogP contribution < -0.4 is 10.6 Å². The molecule has 2 heterocycles. The van der Waals surface area contributed by atoms with Gasteiger partial charge < -0.3 is 15.4 Å². The Labute approximate surface area is 126 Å². The van der Waals surface area contributed by atoms with Crippen molar-refractivity contribution in [1.82, 2.24) is 10.6 Å². The summed E-state index contributed by atoms with van der Waals surface area (Å²) in [5, 5.41) is 6.54. The van der Waals surface area contributed by atoms with Crippen LogP contribution in [-0.4, -0.2) is 47.7 Å². The molecule has 116 valence electrons. The molecule has 2 aliphatic rings. The molecule has 0 radical (unpaired) electrons. The molecule has 20 heavy (non-hydrogen) atoms. The Balaban J connectivity index is 1.68. The van der Waals surface area contributed by atoms with E-state index in [2.05, 4.69) is 10.6 Å². The summed E-state index contributed by atoms with van der Waals surface area (Å²) in [6.45, 7) is 7.65. The third-order valence-corrected chi connectivity index (χ3v) is 5.08. The summed E-state index contributed by atoms with van der Waals surface area (Å²) in [4.78, 5) is 11.8. The molecule has 4 nitrogen and oxygen atoms in total. The second-order valence-corrected chi connectivity index (χ2v) is 8.13. The van der Waals surface area contributed by atoms with Crippen molar-refractivity contribution in [1.29, 1.82) is 0 Å². The van der Waals surface area contributed by atoms with Crippen LogP contribution >= 0.6 is 11.8 Å². The lowest BCUT2D eigenvalue weighted by molar-refractivity contribution is -0.122. The Bertz CT molecular complexity index is 335. The second kappa shape index (κ2) is 6.67. The molecule has 2 fully saturated rings. The smallest absolute Gasteiger partial charge is 0.221 e. The molecule has 0 bridgehead atoms. The number of hydrogen-bond acceptors (Lipinski definition) is 4. The highest BCUT2D eigenvalue weighted by atomic mass is 32.2. The normalized spacial score (nSPS) is 30.6. The zero-order chi connectivity index (χ0) is 14.6. The predicted octanol–water partition coefficient (Wildman–Crippen LogP) is 1.94. The minimum Gasteiger partial charge on any atom is -0.374 e. The number of rotatable bonds is 4. The number of carbonyl (C=O) groups excluding carboxylic acids is 1. The molecule has 2 saturated heterocycles. The lowest BCUT2D eigenvalue weighted by Crippen LogP contribution is -2.48. The van der Waals surface area contributed by atoms with Crippen LogP contribution in [-0.2, 0) is 9.53 Å². The summed E-state index contributed by atoms with van der Waals surface area (Å²) in [5.41, 5.74) is -0.0187. The van der Waals surface area contributed by atoms with Gasteiger partial charge in [-0.2, -0.15) is 11.8 Å². The van der Waals surface area contributed by atoms with E-state index in [4.69, 9.17) is 4.74 Å². The maximum absolute atomic E-state index is 11.8. The Hall–Kier alpha value is -0.260. The van der Waals surface area contributed by atoms with Crippen molar-refractivity contribution in [3.05, 3.63) is 0 Å². The molecule has 1 spiro atoms. The van der Waals surface area contributed by atoms with Gasteiger partial charge in [-0.15, -0.1) is 0 Å². The first kappa shape index (κ1) is 16.1. The zero-order valence-corrected chi connectivity index (χ0v) is 13.8. The van der Waals surface area contributed by atoms with Gasteiger partial charge in [0.2, 0.25) is 5.91 Å². The topological polar surface area (TPSA) is 50.4 Å². The standard InChI is InChI=1S/C15H28N2O2S/c1-14(2,3)17-13(18)4-7-16-12-5-8-19-15(10-12)6-9-20-11-15/h12,16H,4-11H2,1-3H3,(H,17,18). The molecule has 2 aliphatic heterocycles. The van der Waals surface area contributed by atoms with E-state index in [9.17, 15) is 4.79 Å². The van der Waals surface area contributed by atoms with Crippen LogP contribution in [0.25, 0.3) is 0 Å². The maximum atomic E-state index is 11.8. The molecule has 2 atom stereocenters. The molecular weight excluding hydrogens is 272 g/mol. The first-order chi connectivity index (χ1) is 9.39. The number of thioether (sulfide) groups is 1. The molecule has 0 saturated carbocycles. The van der Waals surface area contributed by atoms with Gasteiger partial charge in [0.15, 0.2) is 0 Å².